The first kappa shape index (κ1) is 11.7. The lowest BCUT2D eigenvalue weighted by Gasteiger charge is -2.05. The first-order chi connectivity index (χ1) is 7.15. The zero-order chi connectivity index (χ0) is 11.3. The van der Waals surface area contributed by atoms with Crippen LogP contribution in [-0.4, -0.2) is 29.3 Å². The predicted molar refractivity (Wildman–Crippen MR) is 55.9 cm³/mol. The van der Waals surface area contributed by atoms with Crippen LogP contribution in [0.1, 0.15) is 5.56 Å². The Labute approximate surface area is 86.7 Å². The standard InChI is InChI=1S/C9H15N3O3/c1-7-6-12(3-5-15-4-2-10)9(14)11-8(7)13/h6H,2-5,10H2,1H3,(H,11,13,14). The van der Waals surface area contributed by atoms with Crippen molar-refractivity contribution in [3.63, 3.8) is 0 Å². The van der Waals surface area contributed by atoms with Crippen LogP contribution >= 0.6 is 0 Å². The Bertz CT molecular complexity index is 421. The van der Waals surface area contributed by atoms with Crippen LogP contribution < -0.4 is 17.0 Å². The molecular weight excluding hydrogens is 198 g/mol. The largest absolute Gasteiger partial charge is 0.378 e. The SMILES string of the molecule is Cc1cn(CCOCCN)c(=O)[nH]c1=O. The van der Waals surface area contributed by atoms with Crippen molar-refractivity contribution in [1.29, 1.82) is 0 Å². The van der Waals surface area contributed by atoms with Gasteiger partial charge < -0.3 is 10.5 Å². The van der Waals surface area contributed by atoms with Crippen molar-refractivity contribution < 1.29 is 4.74 Å². The van der Waals surface area contributed by atoms with Crippen molar-refractivity contribution in [3.05, 3.63) is 32.6 Å². The molecule has 0 aromatic carbocycles. The van der Waals surface area contributed by atoms with Crippen molar-refractivity contribution >= 4 is 0 Å². The maximum absolute atomic E-state index is 11.3. The number of aromatic amines is 1. The molecule has 6 nitrogen and oxygen atoms in total. The van der Waals surface area contributed by atoms with E-state index in [0.717, 1.165) is 0 Å². The molecule has 0 fully saturated rings. The van der Waals surface area contributed by atoms with Gasteiger partial charge in [0.25, 0.3) is 5.56 Å². The number of rotatable bonds is 5. The summed E-state index contributed by atoms with van der Waals surface area (Å²) in [5.41, 5.74) is 4.99. The maximum atomic E-state index is 11.3. The average molecular weight is 213 g/mol. The van der Waals surface area contributed by atoms with Gasteiger partial charge in [-0.1, -0.05) is 0 Å². The second kappa shape index (κ2) is 5.47. The summed E-state index contributed by atoms with van der Waals surface area (Å²) < 4.78 is 6.55. The minimum Gasteiger partial charge on any atom is -0.378 e. The quantitative estimate of drug-likeness (QED) is 0.602. The van der Waals surface area contributed by atoms with Crippen LogP contribution in [0.4, 0.5) is 0 Å². The Morgan fingerprint density at radius 2 is 2.20 bits per heavy atom. The van der Waals surface area contributed by atoms with Crippen molar-refractivity contribution in [1.82, 2.24) is 9.55 Å². The van der Waals surface area contributed by atoms with Gasteiger partial charge in [-0.3, -0.25) is 14.3 Å². The number of H-pyrrole nitrogens is 1. The van der Waals surface area contributed by atoms with Gasteiger partial charge in [0.1, 0.15) is 0 Å². The second-order valence-corrected chi connectivity index (χ2v) is 3.17. The van der Waals surface area contributed by atoms with Crippen LogP contribution in [0.5, 0.6) is 0 Å². The summed E-state index contributed by atoms with van der Waals surface area (Å²) in [4.78, 5) is 24.6. The lowest BCUT2D eigenvalue weighted by Crippen LogP contribution is -2.32. The van der Waals surface area contributed by atoms with E-state index in [0.29, 0.717) is 31.9 Å². The molecule has 0 atom stereocenters. The van der Waals surface area contributed by atoms with E-state index in [1.165, 1.54) is 10.8 Å². The highest BCUT2D eigenvalue weighted by atomic mass is 16.5. The highest BCUT2D eigenvalue weighted by Crippen LogP contribution is 1.85. The van der Waals surface area contributed by atoms with Crippen molar-refractivity contribution in [2.75, 3.05) is 19.8 Å². The number of nitrogens with one attached hydrogen (secondary N) is 1. The number of nitrogens with two attached hydrogens (primary N) is 1. The molecule has 84 valence electrons. The molecule has 0 saturated carbocycles. The van der Waals surface area contributed by atoms with Crippen molar-refractivity contribution in [3.8, 4) is 0 Å². The Hall–Kier alpha value is -1.40. The molecular formula is C9H15N3O3. The van der Waals surface area contributed by atoms with Gasteiger partial charge in [0, 0.05) is 18.3 Å². The molecule has 0 aliphatic heterocycles. The van der Waals surface area contributed by atoms with Gasteiger partial charge in [-0.2, -0.15) is 0 Å². The van der Waals surface area contributed by atoms with Crippen molar-refractivity contribution in [2.24, 2.45) is 5.73 Å². The molecule has 1 aromatic rings. The van der Waals surface area contributed by atoms with E-state index in [2.05, 4.69) is 4.98 Å². The third-order valence-electron chi connectivity index (χ3n) is 1.93. The van der Waals surface area contributed by atoms with Crippen LogP contribution in [-0.2, 0) is 11.3 Å². The van der Waals surface area contributed by atoms with E-state index in [1.807, 2.05) is 0 Å². The van der Waals surface area contributed by atoms with Gasteiger partial charge in [-0.05, 0) is 6.92 Å². The fourth-order valence-corrected chi connectivity index (χ4v) is 1.13. The van der Waals surface area contributed by atoms with E-state index in [-0.39, 0.29) is 5.56 Å². The summed E-state index contributed by atoms with van der Waals surface area (Å²) in [5, 5.41) is 0. The highest BCUT2D eigenvalue weighted by molar-refractivity contribution is 5.00. The number of ether oxygens (including phenoxy) is 1. The van der Waals surface area contributed by atoms with Crippen LogP contribution in [0.15, 0.2) is 15.8 Å². The Kier molecular flexibility index (Phi) is 4.26. The van der Waals surface area contributed by atoms with E-state index >= 15 is 0 Å². The first-order valence-corrected chi connectivity index (χ1v) is 4.73. The molecule has 1 aromatic heterocycles. The van der Waals surface area contributed by atoms with Crippen LogP contribution in [0.25, 0.3) is 0 Å². The minimum atomic E-state index is -0.415. The van der Waals surface area contributed by atoms with Gasteiger partial charge in [0.15, 0.2) is 0 Å². The zero-order valence-electron chi connectivity index (χ0n) is 8.66. The third kappa shape index (κ3) is 3.34. The molecule has 0 radical (unpaired) electrons. The lowest BCUT2D eigenvalue weighted by atomic mass is 10.4. The van der Waals surface area contributed by atoms with Crippen LogP contribution in [0, 0.1) is 6.92 Å². The Morgan fingerprint density at radius 3 is 2.87 bits per heavy atom. The monoisotopic (exact) mass is 213 g/mol. The summed E-state index contributed by atoms with van der Waals surface area (Å²) >= 11 is 0. The van der Waals surface area contributed by atoms with E-state index in [1.54, 1.807) is 6.92 Å². The molecule has 0 unspecified atom stereocenters. The highest BCUT2D eigenvalue weighted by Gasteiger charge is 1.99. The molecule has 1 heterocycles. The first-order valence-electron chi connectivity index (χ1n) is 4.73. The summed E-state index contributed by atoms with van der Waals surface area (Å²) in [6.07, 6.45) is 1.52. The smallest absolute Gasteiger partial charge is 0.328 e. The molecule has 0 aliphatic carbocycles. The number of aryl methyl sites for hydroxylation is 1. The Morgan fingerprint density at radius 1 is 1.47 bits per heavy atom. The molecule has 6 heteroatoms. The molecule has 3 N–H and O–H groups in total. The van der Waals surface area contributed by atoms with Crippen molar-refractivity contribution in [2.45, 2.75) is 13.5 Å². The molecule has 0 aliphatic rings. The van der Waals surface area contributed by atoms with Gasteiger partial charge in [-0.15, -0.1) is 0 Å². The molecule has 0 spiro atoms. The number of hydrogen-bond acceptors (Lipinski definition) is 4. The van der Waals surface area contributed by atoms with Gasteiger partial charge >= 0.3 is 5.69 Å². The third-order valence-corrected chi connectivity index (χ3v) is 1.93. The number of hydrogen-bond donors (Lipinski definition) is 2. The summed E-state index contributed by atoms with van der Waals surface area (Å²) in [5.74, 6) is 0. The summed E-state index contributed by atoms with van der Waals surface area (Å²) in [7, 11) is 0. The fourth-order valence-electron chi connectivity index (χ4n) is 1.13. The second-order valence-electron chi connectivity index (χ2n) is 3.17. The summed E-state index contributed by atoms with van der Waals surface area (Å²) in [6.45, 7) is 3.39. The molecule has 0 amide bonds. The lowest BCUT2D eigenvalue weighted by molar-refractivity contribution is 0.132. The average Bonchev–Trinajstić information content (AvgIpc) is 2.20. The molecule has 15 heavy (non-hydrogen) atoms. The minimum absolute atomic E-state index is 0.348. The van der Waals surface area contributed by atoms with Gasteiger partial charge in [-0.25, -0.2) is 4.79 Å². The normalized spacial score (nSPS) is 10.5. The summed E-state index contributed by atoms with van der Waals surface area (Å²) in [6, 6.07) is 0. The van der Waals surface area contributed by atoms with Gasteiger partial charge in [0.2, 0.25) is 0 Å². The fraction of sp³-hybridized carbons (Fsp3) is 0.556. The molecule has 0 saturated heterocycles. The van der Waals surface area contributed by atoms with Gasteiger partial charge in [0.05, 0.1) is 19.8 Å². The van der Waals surface area contributed by atoms with Crippen LogP contribution in [0.2, 0.25) is 0 Å². The topological polar surface area (TPSA) is 90.1 Å². The van der Waals surface area contributed by atoms with E-state index in [9.17, 15) is 9.59 Å². The zero-order valence-corrected chi connectivity index (χ0v) is 8.66. The maximum Gasteiger partial charge on any atom is 0.328 e. The van der Waals surface area contributed by atoms with E-state index < -0.39 is 5.69 Å². The molecule has 0 bridgehead atoms. The Balaban J connectivity index is 2.66. The number of nitrogens with zero attached hydrogens (tertiary/aromatic N) is 1. The van der Waals surface area contributed by atoms with Crippen LogP contribution in [0.3, 0.4) is 0 Å². The predicted octanol–water partition coefficient (Wildman–Crippen LogP) is -1.18. The number of aromatic nitrogens is 2. The van der Waals surface area contributed by atoms with E-state index in [4.69, 9.17) is 10.5 Å². The molecule has 1 rings (SSSR count).